The van der Waals surface area contributed by atoms with Crippen LogP contribution in [0, 0.1) is 11.3 Å². The molecule has 0 bridgehead atoms. The smallest absolute Gasteiger partial charge is 0.139 e. The highest BCUT2D eigenvalue weighted by Gasteiger charge is 2.17. The molecule has 1 atom stereocenters. The summed E-state index contributed by atoms with van der Waals surface area (Å²) in [4.78, 5) is 0. The van der Waals surface area contributed by atoms with Gasteiger partial charge in [0, 0.05) is 10.0 Å². The number of aromatic hydroxyl groups is 1. The topological polar surface area (TPSA) is 70.0 Å². The third kappa shape index (κ3) is 2.81. The van der Waals surface area contributed by atoms with Crippen LogP contribution in [0.2, 0.25) is 0 Å². The number of halogens is 3. The van der Waals surface area contributed by atoms with Gasteiger partial charge < -0.3 is 10.8 Å². The molecule has 0 radical (unpaired) electrons. The summed E-state index contributed by atoms with van der Waals surface area (Å²) in [5, 5.41) is 18.2. The van der Waals surface area contributed by atoms with E-state index in [1.807, 2.05) is 0 Å². The van der Waals surface area contributed by atoms with Crippen molar-refractivity contribution in [2.24, 2.45) is 5.73 Å². The van der Waals surface area contributed by atoms with Gasteiger partial charge >= 0.3 is 0 Å². The number of phenols is 1. The van der Waals surface area contributed by atoms with Gasteiger partial charge in [0.25, 0.3) is 0 Å². The second-order valence-corrected chi connectivity index (χ2v) is 3.58. The quantitative estimate of drug-likeness (QED) is 0.880. The Labute approximate surface area is 101 Å². The Morgan fingerprint density at radius 2 is 2.20 bits per heavy atom. The first kappa shape index (κ1) is 14.2. The largest absolute Gasteiger partial charge is 0.506 e. The lowest BCUT2D eigenvalue weighted by molar-refractivity contribution is 0.413. The average Bonchev–Trinajstić information content (AvgIpc) is 2.18. The normalized spacial score (nSPS) is 11.3. The molecule has 0 heterocycles. The zero-order chi connectivity index (χ0) is 10.7. The molecule has 1 rings (SSSR count). The molecule has 3 N–H and O–H groups in total. The lowest BCUT2D eigenvalue weighted by atomic mass is 10.0. The van der Waals surface area contributed by atoms with Crippen LogP contribution in [-0.2, 0) is 0 Å². The first-order chi connectivity index (χ1) is 6.61. The van der Waals surface area contributed by atoms with Gasteiger partial charge in [0.05, 0.1) is 11.6 Å². The molecule has 0 fully saturated rings. The molecule has 15 heavy (non-hydrogen) atoms. The number of benzene rings is 1. The van der Waals surface area contributed by atoms with Crippen molar-refractivity contribution in [1.29, 1.82) is 5.26 Å². The molecule has 1 aromatic rings. The Bertz CT molecular complexity index is 394. The van der Waals surface area contributed by atoms with Gasteiger partial charge in [-0.25, -0.2) is 4.39 Å². The van der Waals surface area contributed by atoms with Crippen LogP contribution in [0.25, 0.3) is 0 Å². The Kier molecular flexibility index (Phi) is 5.58. The zero-order valence-corrected chi connectivity index (χ0v) is 9.98. The van der Waals surface area contributed by atoms with Gasteiger partial charge in [-0.2, -0.15) is 5.26 Å². The van der Waals surface area contributed by atoms with Gasteiger partial charge in [-0.05, 0) is 12.1 Å². The van der Waals surface area contributed by atoms with Crippen molar-refractivity contribution >= 4 is 28.3 Å². The minimum Gasteiger partial charge on any atom is -0.506 e. The SMILES string of the molecule is Cl.N#Cc1ccc(Br)c([C@@H](N)CF)c1O. The summed E-state index contributed by atoms with van der Waals surface area (Å²) < 4.78 is 12.8. The maximum absolute atomic E-state index is 12.3. The summed E-state index contributed by atoms with van der Waals surface area (Å²) in [5.41, 5.74) is 5.76. The summed E-state index contributed by atoms with van der Waals surface area (Å²) in [6.07, 6.45) is 0. The first-order valence-corrected chi connectivity index (χ1v) is 4.64. The lowest BCUT2D eigenvalue weighted by Gasteiger charge is -2.12. The maximum Gasteiger partial charge on any atom is 0.139 e. The molecule has 0 saturated heterocycles. The van der Waals surface area contributed by atoms with Gasteiger partial charge in [0.2, 0.25) is 0 Å². The third-order valence-corrected chi connectivity index (χ3v) is 2.51. The molecular weight excluding hydrogens is 286 g/mol. The summed E-state index contributed by atoms with van der Waals surface area (Å²) in [7, 11) is 0. The molecule has 0 unspecified atom stereocenters. The van der Waals surface area contributed by atoms with Gasteiger partial charge in [-0.1, -0.05) is 15.9 Å². The van der Waals surface area contributed by atoms with Gasteiger partial charge in [-0.15, -0.1) is 12.4 Å². The van der Waals surface area contributed by atoms with Crippen molar-refractivity contribution in [2.45, 2.75) is 6.04 Å². The van der Waals surface area contributed by atoms with Crippen LogP contribution in [0.1, 0.15) is 17.2 Å². The number of nitriles is 1. The van der Waals surface area contributed by atoms with Crippen molar-refractivity contribution in [3.63, 3.8) is 0 Å². The van der Waals surface area contributed by atoms with E-state index in [0.29, 0.717) is 4.47 Å². The fourth-order valence-corrected chi connectivity index (χ4v) is 1.72. The van der Waals surface area contributed by atoms with E-state index < -0.39 is 12.7 Å². The number of rotatable bonds is 2. The van der Waals surface area contributed by atoms with Crippen LogP contribution in [0.4, 0.5) is 4.39 Å². The molecule has 82 valence electrons. The van der Waals surface area contributed by atoms with Crippen LogP contribution in [-0.4, -0.2) is 11.8 Å². The number of nitrogens with two attached hydrogens (primary N) is 1. The van der Waals surface area contributed by atoms with Crippen LogP contribution in [0.15, 0.2) is 16.6 Å². The highest BCUT2D eigenvalue weighted by atomic mass is 79.9. The summed E-state index contributed by atoms with van der Waals surface area (Å²) in [6.45, 7) is -0.791. The molecule has 0 aliphatic rings. The Morgan fingerprint density at radius 3 is 2.67 bits per heavy atom. The van der Waals surface area contributed by atoms with E-state index in [1.54, 1.807) is 12.1 Å². The Hall–Kier alpha value is -0.830. The minimum atomic E-state index is -0.919. The number of phenolic OH excluding ortho intramolecular Hbond substituents is 1. The second-order valence-electron chi connectivity index (χ2n) is 2.73. The molecule has 1 aromatic carbocycles. The Morgan fingerprint density at radius 1 is 1.60 bits per heavy atom. The highest BCUT2D eigenvalue weighted by molar-refractivity contribution is 9.10. The van der Waals surface area contributed by atoms with Gasteiger partial charge in [0.15, 0.2) is 0 Å². The molecular formula is C9H9BrClFN2O. The first-order valence-electron chi connectivity index (χ1n) is 3.84. The van der Waals surface area contributed by atoms with E-state index in [2.05, 4.69) is 15.9 Å². The Balaban J connectivity index is 0.00000196. The van der Waals surface area contributed by atoms with E-state index in [1.165, 1.54) is 6.07 Å². The predicted octanol–water partition coefficient (Wildman–Crippen LogP) is 2.42. The molecule has 0 aliphatic heterocycles. The standard InChI is InChI=1S/C9H8BrFN2O.ClH/c10-6-2-1-5(4-12)9(14)8(6)7(13)3-11;/h1-2,7,14H,3,13H2;1H/t7-;/m0./s1. The molecule has 0 amide bonds. The maximum atomic E-state index is 12.3. The van der Waals surface area contributed by atoms with E-state index in [4.69, 9.17) is 11.0 Å². The third-order valence-electron chi connectivity index (χ3n) is 1.82. The molecule has 3 nitrogen and oxygen atoms in total. The zero-order valence-electron chi connectivity index (χ0n) is 7.58. The summed E-state index contributed by atoms with van der Waals surface area (Å²) in [5.74, 6) is -0.257. The average molecular weight is 296 g/mol. The van der Waals surface area contributed by atoms with Crippen LogP contribution < -0.4 is 5.73 Å². The highest BCUT2D eigenvalue weighted by Crippen LogP contribution is 2.33. The van der Waals surface area contributed by atoms with Crippen LogP contribution >= 0.6 is 28.3 Å². The van der Waals surface area contributed by atoms with Gasteiger partial charge in [-0.3, -0.25) is 0 Å². The minimum absolute atomic E-state index is 0. The number of alkyl halides is 1. The van der Waals surface area contributed by atoms with Crippen molar-refractivity contribution in [1.82, 2.24) is 0 Å². The fourth-order valence-electron chi connectivity index (χ4n) is 1.10. The van der Waals surface area contributed by atoms with E-state index in [-0.39, 0.29) is 29.3 Å². The van der Waals surface area contributed by atoms with E-state index in [9.17, 15) is 9.50 Å². The van der Waals surface area contributed by atoms with E-state index >= 15 is 0 Å². The van der Waals surface area contributed by atoms with Crippen molar-refractivity contribution < 1.29 is 9.50 Å². The van der Waals surface area contributed by atoms with Crippen molar-refractivity contribution in [2.75, 3.05) is 6.67 Å². The molecule has 0 spiro atoms. The number of hydrogen-bond donors (Lipinski definition) is 2. The predicted molar refractivity (Wildman–Crippen MR) is 60.7 cm³/mol. The van der Waals surface area contributed by atoms with Crippen LogP contribution in [0.3, 0.4) is 0 Å². The van der Waals surface area contributed by atoms with Crippen molar-refractivity contribution in [3.05, 3.63) is 27.7 Å². The summed E-state index contributed by atoms with van der Waals surface area (Å²) >= 11 is 3.14. The number of nitrogens with zero attached hydrogens (tertiary/aromatic N) is 1. The molecule has 6 heteroatoms. The monoisotopic (exact) mass is 294 g/mol. The van der Waals surface area contributed by atoms with Gasteiger partial charge in [0.1, 0.15) is 18.5 Å². The number of hydrogen-bond acceptors (Lipinski definition) is 3. The van der Waals surface area contributed by atoms with Crippen molar-refractivity contribution in [3.8, 4) is 11.8 Å². The molecule has 0 aliphatic carbocycles. The molecule has 0 saturated carbocycles. The molecule has 0 aromatic heterocycles. The fraction of sp³-hybridized carbons (Fsp3) is 0.222. The van der Waals surface area contributed by atoms with E-state index in [0.717, 1.165) is 0 Å². The lowest BCUT2D eigenvalue weighted by Crippen LogP contribution is -2.13. The second kappa shape index (κ2) is 5.91. The van der Waals surface area contributed by atoms with Crippen LogP contribution in [0.5, 0.6) is 5.75 Å². The summed E-state index contributed by atoms with van der Waals surface area (Å²) in [6, 6.07) is 3.87.